The van der Waals surface area contributed by atoms with Gasteiger partial charge in [0, 0.05) is 17.0 Å². The van der Waals surface area contributed by atoms with E-state index in [0.717, 1.165) is 16.7 Å². The Bertz CT molecular complexity index is 361. The van der Waals surface area contributed by atoms with Crippen molar-refractivity contribution in [2.24, 2.45) is 0 Å². The Labute approximate surface area is 89.1 Å². The zero-order chi connectivity index (χ0) is 11.1. The number of halogens is 3. The van der Waals surface area contributed by atoms with Crippen molar-refractivity contribution in [3.63, 3.8) is 0 Å². The molecular formula is C9H10F3NOS. The largest absolute Gasteiger partial charge is 0.482 e. The molecule has 0 fully saturated rings. The topological polar surface area (TPSA) is 21.3 Å². The van der Waals surface area contributed by atoms with Crippen LogP contribution in [0.4, 0.5) is 13.2 Å². The van der Waals surface area contributed by atoms with Crippen LogP contribution in [0, 0.1) is 0 Å². The van der Waals surface area contributed by atoms with Gasteiger partial charge < -0.3 is 10.1 Å². The maximum absolute atomic E-state index is 12.6. The van der Waals surface area contributed by atoms with Gasteiger partial charge in [0.25, 0.3) is 0 Å². The molecule has 1 N–H and O–H groups in total. The summed E-state index contributed by atoms with van der Waals surface area (Å²) in [4.78, 5) is 0. The van der Waals surface area contributed by atoms with Crippen molar-refractivity contribution in [3.8, 4) is 5.06 Å². The van der Waals surface area contributed by atoms with Crippen molar-refractivity contribution in [3.05, 3.63) is 16.5 Å². The molecular weight excluding hydrogens is 227 g/mol. The predicted octanol–water partition coefficient (Wildman–Crippen LogP) is 2.29. The zero-order valence-electron chi connectivity index (χ0n) is 8.02. The van der Waals surface area contributed by atoms with Crippen LogP contribution < -0.4 is 10.1 Å². The normalized spacial score (nSPS) is 20.9. The van der Waals surface area contributed by atoms with Crippen LogP contribution in [-0.4, -0.2) is 19.7 Å². The number of rotatable bonds is 1. The molecule has 2 rings (SSSR count). The molecule has 0 spiro atoms. The first-order chi connectivity index (χ1) is 7.02. The lowest BCUT2D eigenvalue weighted by Gasteiger charge is -2.23. The maximum Gasteiger partial charge on any atom is 0.417 e. The lowest BCUT2D eigenvalue weighted by atomic mass is 10.0. The number of hydrogen-bond donors (Lipinski definition) is 1. The minimum absolute atomic E-state index is 0.0341. The van der Waals surface area contributed by atoms with E-state index in [9.17, 15) is 13.2 Å². The molecule has 1 aliphatic rings. The van der Waals surface area contributed by atoms with Crippen LogP contribution in [-0.2, 0) is 12.6 Å². The van der Waals surface area contributed by atoms with Crippen LogP contribution in [0.2, 0.25) is 0 Å². The van der Waals surface area contributed by atoms with E-state index in [1.165, 1.54) is 0 Å². The Hall–Kier alpha value is -0.750. The van der Waals surface area contributed by atoms with E-state index in [0.29, 0.717) is 18.1 Å². The van der Waals surface area contributed by atoms with Gasteiger partial charge in [0.1, 0.15) is 6.61 Å². The Morgan fingerprint density at radius 1 is 1.53 bits per heavy atom. The standard InChI is InChI=1S/C9H10F3NOS/c1-13-5-2-6-7(9(10,11)12)4-15-8(6)14-3-5/h4-5,13H,2-3H2,1H3. The van der Waals surface area contributed by atoms with Crippen LogP contribution in [0.3, 0.4) is 0 Å². The van der Waals surface area contributed by atoms with Gasteiger partial charge in [-0.15, -0.1) is 11.3 Å². The molecule has 0 saturated heterocycles. The summed E-state index contributed by atoms with van der Waals surface area (Å²) in [6.45, 7) is 0.432. The summed E-state index contributed by atoms with van der Waals surface area (Å²) < 4.78 is 43.0. The fraction of sp³-hybridized carbons (Fsp3) is 0.556. The predicted molar refractivity (Wildman–Crippen MR) is 51.4 cm³/mol. The fourth-order valence-corrected chi connectivity index (χ4v) is 2.56. The molecule has 2 heterocycles. The van der Waals surface area contributed by atoms with E-state index in [1.807, 2.05) is 0 Å². The third-order valence-corrected chi connectivity index (χ3v) is 3.37. The SMILES string of the molecule is CNC1COc2scc(C(F)(F)F)c2C1. The summed E-state index contributed by atoms with van der Waals surface area (Å²) in [5, 5.41) is 4.46. The van der Waals surface area contributed by atoms with E-state index in [1.54, 1.807) is 7.05 Å². The second-order valence-electron chi connectivity index (χ2n) is 3.41. The Kier molecular flexibility index (Phi) is 2.64. The summed E-state index contributed by atoms with van der Waals surface area (Å²) >= 11 is 1.02. The molecule has 1 unspecified atom stereocenters. The second kappa shape index (κ2) is 3.68. The molecule has 0 aliphatic carbocycles. The molecule has 1 aromatic rings. The van der Waals surface area contributed by atoms with Gasteiger partial charge >= 0.3 is 6.18 Å². The highest BCUT2D eigenvalue weighted by molar-refractivity contribution is 7.12. The Morgan fingerprint density at radius 3 is 2.87 bits per heavy atom. The van der Waals surface area contributed by atoms with Gasteiger partial charge in [0.2, 0.25) is 0 Å². The van der Waals surface area contributed by atoms with Crippen molar-refractivity contribution in [2.45, 2.75) is 18.6 Å². The van der Waals surface area contributed by atoms with Crippen molar-refractivity contribution >= 4 is 11.3 Å². The number of hydrogen-bond acceptors (Lipinski definition) is 3. The average molecular weight is 237 g/mol. The van der Waals surface area contributed by atoms with Gasteiger partial charge in [0.15, 0.2) is 5.06 Å². The molecule has 15 heavy (non-hydrogen) atoms. The van der Waals surface area contributed by atoms with Gasteiger partial charge in [-0.25, -0.2) is 0 Å². The van der Waals surface area contributed by atoms with E-state index >= 15 is 0 Å². The summed E-state index contributed by atoms with van der Waals surface area (Å²) in [7, 11) is 1.72. The minimum atomic E-state index is -4.27. The van der Waals surface area contributed by atoms with Crippen LogP contribution in [0.1, 0.15) is 11.1 Å². The second-order valence-corrected chi connectivity index (χ2v) is 4.26. The lowest BCUT2D eigenvalue weighted by Crippen LogP contribution is -2.37. The van der Waals surface area contributed by atoms with Crippen molar-refractivity contribution in [1.82, 2.24) is 5.32 Å². The van der Waals surface area contributed by atoms with E-state index in [2.05, 4.69) is 5.32 Å². The summed E-state index contributed by atoms with van der Waals surface area (Å²) in [5.74, 6) is 0. The molecule has 0 amide bonds. The molecule has 1 aromatic heterocycles. The first-order valence-corrected chi connectivity index (χ1v) is 5.38. The van der Waals surface area contributed by atoms with Gasteiger partial charge in [-0.3, -0.25) is 0 Å². The number of fused-ring (bicyclic) bond motifs is 1. The highest BCUT2D eigenvalue weighted by atomic mass is 32.1. The molecule has 0 saturated carbocycles. The Balaban J connectivity index is 2.34. The molecule has 1 atom stereocenters. The first kappa shape index (κ1) is 10.8. The quantitative estimate of drug-likeness (QED) is 0.809. The highest BCUT2D eigenvalue weighted by Gasteiger charge is 2.38. The van der Waals surface area contributed by atoms with Crippen LogP contribution >= 0.6 is 11.3 Å². The maximum atomic E-state index is 12.6. The molecule has 0 aromatic carbocycles. The minimum Gasteiger partial charge on any atom is -0.482 e. The third kappa shape index (κ3) is 1.96. The van der Waals surface area contributed by atoms with Crippen molar-refractivity contribution < 1.29 is 17.9 Å². The zero-order valence-corrected chi connectivity index (χ0v) is 8.84. The summed E-state index contributed by atoms with van der Waals surface area (Å²) in [6.07, 6.45) is -3.90. The van der Waals surface area contributed by atoms with Gasteiger partial charge in [0.05, 0.1) is 5.56 Å². The van der Waals surface area contributed by atoms with E-state index in [4.69, 9.17) is 4.74 Å². The number of nitrogens with one attached hydrogen (secondary N) is 1. The highest BCUT2D eigenvalue weighted by Crippen LogP contribution is 2.42. The lowest BCUT2D eigenvalue weighted by molar-refractivity contribution is -0.138. The van der Waals surface area contributed by atoms with Crippen LogP contribution in [0.15, 0.2) is 5.38 Å². The number of thiophene rings is 1. The monoisotopic (exact) mass is 237 g/mol. The molecule has 6 heteroatoms. The van der Waals surface area contributed by atoms with E-state index in [-0.39, 0.29) is 11.6 Å². The average Bonchev–Trinajstić information content (AvgIpc) is 2.59. The smallest absolute Gasteiger partial charge is 0.417 e. The van der Waals surface area contributed by atoms with E-state index < -0.39 is 11.7 Å². The van der Waals surface area contributed by atoms with Crippen LogP contribution in [0.25, 0.3) is 0 Å². The number of ether oxygens (including phenoxy) is 1. The first-order valence-electron chi connectivity index (χ1n) is 4.50. The molecule has 0 bridgehead atoms. The summed E-state index contributed by atoms with van der Waals surface area (Å²) in [5.41, 5.74) is -0.263. The fourth-order valence-electron chi connectivity index (χ4n) is 1.58. The molecule has 84 valence electrons. The van der Waals surface area contributed by atoms with Gasteiger partial charge in [-0.05, 0) is 13.5 Å². The van der Waals surface area contributed by atoms with Gasteiger partial charge in [-0.1, -0.05) is 0 Å². The molecule has 0 radical (unpaired) electrons. The third-order valence-electron chi connectivity index (χ3n) is 2.44. The molecule has 1 aliphatic heterocycles. The van der Waals surface area contributed by atoms with Crippen LogP contribution in [0.5, 0.6) is 5.06 Å². The van der Waals surface area contributed by atoms with Gasteiger partial charge in [-0.2, -0.15) is 13.2 Å². The number of likely N-dealkylation sites (N-methyl/N-ethyl adjacent to an activating group) is 1. The summed E-state index contributed by atoms with van der Waals surface area (Å²) in [6, 6.07) is -0.0341. The van der Waals surface area contributed by atoms with Crippen molar-refractivity contribution in [1.29, 1.82) is 0 Å². The Morgan fingerprint density at radius 2 is 2.27 bits per heavy atom. The number of alkyl halides is 3. The van der Waals surface area contributed by atoms with Crippen molar-refractivity contribution in [2.75, 3.05) is 13.7 Å². The molecule has 2 nitrogen and oxygen atoms in total.